The van der Waals surface area contributed by atoms with Crippen molar-refractivity contribution < 1.29 is 4.39 Å². The first-order valence-electron chi connectivity index (χ1n) is 6.14. The third-order valence-corrected chi connectivity index (χ3v) is 3.64. The summed E-state index contributed by atoms with van der Waals surface area (Å²) >= 11 is 0. The van der Waals surface area contributed by atoms with Crippen molar-refractivity contribution in [1.82, 2.24) is 5.32 Å². The van der Waals surface area contributed by atoms with E-state index in [2.05, 4.69) is 12.2 Å². The second kappa shape index (κ2) is 4.96. The average Bonchev–Trinajstić information content (AvgIpc) is 2.68. The van der Waals surface area contributed by atoms with E-state index in [1.165, 1.54) is 31.7 Å². The van der Waals surface area contributed by atoms with Gasteiger partial charge in [0.2, 0.25) is 0 Å². The molecule has 1 aliphatic rings. The SMILES string of the molecule is CC1(CNCc2ccccc2F)CCCC1. The molecule has 1 aliphatic carbocycles. The van der Waals surface area contributed by atoms with E-state index in [-0.39, 0.29) is 5.82 Å². The molecule has 1 saturated carbocycles. The van der Waals surface area contributed by atoms with Crippen molar-refractivity contribution in [3.63, 3.8) is 0 Å². The Morgan fingerprint density at radius 2 is 1.94 bits per heavy atom. The number of benzene rings is 1. The van der Waals surface area contributed by atoms with Gasteiger partial charge < -0.3 is 5.32 Å². The highest BCUT2D eigenvalue weighted by molar-refractivity contribution is 5.16. The maximum absolute atomic E-state index is 13.3. The number of hydrogen-bond donors (Lipinski definition) is 1. The second-order valence-electron chi connectivity index (χ2n) is 5.21. The summed E-state index contributed by atoms with van der Waals surface area (Å²) in [5, 5.41) is 3.38. The zero-order valence-corrected chi connectivity index (χ0v) is 9.93. The molecule has 1 aromatic carbocycles. The lowest BCUT2D eigenvalue weighted by molar-refractivity contribution is 0.314. The van der Waals surface area contributed by atoms with Crippen molar-refractivity contribution in [3.8, 4) is 0 Å². The quantitative estimate of drug-likeness (QED) is 0.820. The molecule has 0 unspecified atom stereocenters. The molecule has 1 N–H and O–H groups in total. The van der Waals surface area contributed by atoms with E-state index in [1.54, 1.807) is 6.07 Å². The van der Waals surface area contributed by atoms with Crippen molar-refractivity contribution in [2.75, 3.05) is 6.54 Å². The molecule has 0 spiro atoms. The van der Waals surface area contributed by atoms with Gasteiger partial charge in [0.25, 0.3) is 0 Å². The highest BCUT2D eigenvalue weighted by Gasteiger charge is 2.27. The van der Waals surface area contributed by atoms with E-state index < -0.39 is 0 Å². The smallest absolute Gasteiger partial charge is 0.127 e. The van der Waals surface area contributed by atoms with Gasteiger partial charge in [-0.3, -0.25) is 0 Å². The van der Waals surface area contributed by atoms with Crippen molar-refractivity contribution in [2.45, 2.75) is 39.2 Å². The number of rotatable bonds is 4. The minimum Gasteiger partial charge on any atom is -0.312 e. The molecular formula is C14H20FN. The first-order chi connectivity index (χ1) is 7.70. The lowest BCUT2D eigenvalue weighted by Crippen LogP contribution is -2.29. The van der Waals surface area contributed by atoms with Gasteiger partial charge in [-0.25, -0.2) is 4.39 Å². The maximum Gasteiger partial charge on any atom is 0.127 e. The van der Waals surface area contributed by atoms with Crippen LogP contribution in [0.5, 0.6) is 0 Å². The van der Waals surface area contributed by atoms with E-state index in [9.17, 15) is 4.39 Å². The molecule has 0 saturated heterocycles. The summed E-state index contributed by atoms with van der Waals surface area (Å²) in [6.45, 7) is 3.97. The monoisotopic (exact) mass is 221 g/mol. The maximum atomic E-state index is 13.3. The van der Waals surface area contributed by atoms with Crippen LogP contribution < -0.4 is 5.32 Å². The molecule has 0 heterocycles. The van der Waals surface area contributed by atoms with Gasteiger partial charge in [-0.15, -0.1) is 0 Å². The fraction of sp³-hybridized carbons (Fsp3) is 0.571. The van der Waals surface area contributed by atoms with Crippen LogP contribution >= 0.6 is 0 Å². The third kappa shape index (κ3) is 2.82. The summed E-state index contributed by atoms with van der Waals surface area (Å²) in [6.07, 6.45) is 5.30. The fourth-order valence-electron chi connectivity index (χ4n) is 2.55. The Hall–Kier alpha value is -0.890. The lowest BCUT2D eigenvalue weighted by atomic mass is 9.89. The van der Waals surface area contributed by atoms with Gasteiger partial charge in [0, 0.05) is 18.7 Å². The number of hydrogen-bond acceptors (Lipinski definition) is 1. The Labute approximate surface area is 97.1 Å². The molecule has 1 nitrogen and oxygen atoms in total. The van der Waals surface area contributed by atoms with Gasteiger partial charge in [-0.1, -0.05) is 38.0 Å². The van der Waals surface area contributed by atoms with Crippen LogP contribution in [0.4, 0.5) is 4.39 Å². The minimum absolute atomic E-state index is 0.105. The van der Waals surface area contributed by atoms with E-state index >= 15 is 0 Å². The van der Waals surface area contributed by atoms with Crippen LogP contribution in [0, 0.1) is 11.2 Å². The molecule has 0 aliphatic heterocycles. The Balaban J connectivity index is 1.82. The summed E-state index contributed by atoms with van der Waals surface area (Å²) in [6, 6.07) is 6.99. The summed E-state index contributed by atoms with van der Waals surface area (Å²) in [5.41, 5.74) is 1.20. The average molecular weight is 221 g/mol. The molecule has 0 radical (unpaired) electrons. The summed E-state index contributed by atoms with van der Waals surface area (Å²) in [7, 11) is 0. The van der Waals surface area contributed by atoms with Crippen molar-refractivity contribution >= 4 is 0 Å². The summed E-state index contributed by atoms with van der Waals surface area (Å²) in [4.78, 5) is 0. The number of halogens is 1. The van der Waals surface area contributed by atoms with Gasteiger partial charge in [0.1, 0.15) is 5.82 Å². The van der Waals surface area contributed by atoms with E-state index in [1.807, 2.05) is 12.1 Å². The van der Waals surface area contributed by atoms with Gasteiger partial charge in [-0.05, 0) is 24.3 Å². The first-order valence-corrected chi connectivity index (χ1v) is 6.14. The zero-order chi connectivity index (χ0) is 11.4. The van der Waals surface area contributed by atoms with Gasteiger partial charge >= 0.3 is 0 Å². The minimum atomic E-state index is -0.105. The van der Waals surface area contributed by atoms with Crippen molar-refractivity contribution in [1.29, 1.82) is 0 Å². The predicted octanol–water partition coefficient (Wildman–Crippen LogP) is 3.50. The highest BCUT2D eigenvalue weighted by Crippen LogP contribution is 2.36. The molecule has 1 aromatic rings. The fourth-order valence-corrected chi connectivity index (χ4v) is 2.55. The van der Waals surface area contributed by atoms with Crippen LogP contribution in [0.25, 0.3) is 0 Å². The summed E-state index contributed by atoms with van der Waals surface area (Å²) < 4.78 is 13.3. The molecular weight excluding hydrogens is 201 g/mol. The zero-order valence-electron chi connectivity index (χ0n) is 9.93. The standard InChI is InChI=1S/C14H20FN/c1-14(8-4-5-9-14)11-16-10-12-6-2-3-7-13(12)15/h2-3,6-7,16H,4-5,8-11H2,1H3. The first kappa shape index (κ1) is 11.6. The highest BCUT2D eigenvalue weighted by atomic mass is 19.1. The normalized spacial score (nSPS) is 18.9. The van der Waals surface area contributed by atoms with Crippen LogP contribution in [0.15, 0.2) is 24.3 Å². The van der Waals surface area contributed by atoms with Gasteiger partial charge in [0.05, 0.1) is 0 Å². The summed E-state index contributed by atoms with van der Waals surface area (Å²) in [5.74, 6) is -0.105. The van der Waals surface area contributed by atoms with Gasteiger partial charge in [-0.2, -0.15) is 0 Å². The lowest BCUT2D eigenvalue weighted by Gasteiger charge is -2.23. The Morgan fingerprint density at radius 1 is 1.25 bits per heavy atom. The predicted molar refractivity (Wildman–Crippen MR) is 64.7 cm³/mol. The Kier molecular flexibility index (Phi) is 3.59. The Bertz CT molecular complexity index is 342. The second-order valence-corrected chi connectivity index (χ2v) is 5.21. The number of nitrogens with one attached hydrogen (secondary N) is 1. The van der Waals surface area contributed by atoms with Crippen LogP contribution in [-0.4, -0.2) is 6.54 Å². The van der Waals surface area contributed by atoms with Crippen LogP contribution in [-0.2, 0) is 6.54 Å². The molecule has 0 atom stereocenters. The molecule has 2 heteroatoms. The van der Waals surface area contributed by atoms with Crippen molar-refractivity contribution in [3.05, 3.63) is 35.6 Å². The molecule has 0 aromatic heterocycles. The molecule has 88 valence electrons. The van der Waals surface area contributed by atoms with Crippen LogP contribution in [0.2, 0.25) is 0 Å². The largest absolute Gasteiger partial charge is 0.312 e. The third-order valence-electron chi connectivity index (χ3n) is 3.64. The van der Waals surface area contributed by atoms with Crippen LogP contribution in [0.3, 0.4) is 0 Å². The van der Waals surface area contributed by atoms with E-state index in [0.29, 0.717) is 12.0 Å². The molecule has 1 fully saturated rings. The molecule has 16 heavy (non-hydrogen) atoms. The topological polar surface area (TPSA) is 12.0 Å². The van der Waals surface area contributed by atoms with Crippen molar-refractivity contribution in [2.24, 2.45) is 5.41 Å². The molecule has 2 rings (SSSR count). The van der Waals surface area contributed by atoms with Crippen LogP contribution in [0.1, 0.15) is 38.2 Å². The molecule has 0 bridgehead atoms. The van der Waals surface area contributed by atoms with E-state index in [0.717, 1.165) is 12.1 Å². The Morgan fingerprint density at radius 3 is 2.62 bits per heavy atom. The van der Waals surface area contributed by atoms with Gasteiger partial charge in [0.15, 0.2) is 0 Å². The van der Waals surface area contributed by atoms with E-state index in [4.69, 9.17) is 0 Å². The molecule has 0 amide bonds.